The second kappa shape index (κ2) is 8.14. The topological polar surface area (TPSA) is 84.5 Å². The van der Waals surface area contributed by atoms with E-state index in [1.807, 2.05) is 30.3 Å². The number of esters is 1. The molecule has 136 valence electrons. The molecule has 6 heteroatoms. The highest BCUT2D eigenvalue weighted by molar-refractivity contribution is 5.98. The molecule has 0 saturated carbocycles. The van der Waals surface area contributed by atoms with E-state index in [9.17, 15) is 14.4 Å². The van der Waals surface area contributed by atoms with Gasteiger partial charge in [0, 0.05) is 18.3 Å². The molecule has 0 unspecified atom stereocenters. The van der Waals surface area contributed by atoms with E-state index in [0.717, 1.165) is 10.8 Å². The zero-order valence-electron chi connectivity index (χ0n) is 14.7. The van der Waals surface area contributed by atoms with Crippen molar-refractivity contribution in [3.63, 3.8) is 0 Å². The largest absolute Gasteiger partial charge is 0.452 e. The summed E-state index contributed by atoms with van der Waals surface area (Å²) < 4.78 is 5.09. The Morgan fingerprint density at radius 1 is 0.815 bits per heavy atom. The number of anilines is 2. The lowest BCUT2D eigenvalue weighted by Crippen LogP contribution is -2.21. The van der Waals surface area contributed by atoms with Gasteiger partial charge in [-0.2, -0.15) is 0 Å². The maximum Gasteiger partial charge on any atom is 0.338 e. The van der Waals surface area contributed by atoms with Crippen molar-refractivity contribution in [1.82, 2.24) is 0 Å². The van der Waals surface area contributed by atoms with Crippen molar-refractivity contribution < 1.29 is 19.1 Å². The van der Waals surface area contributed by atoms with Gasteiger partial charge in [0.2, 0.25) is 5.91 Å². The molecule has 3 aromatic carbocycles. The predicted octanol–water partition coefficient (Wildman–Crippen LogP) is 3.59. The molecule has 0 saturated heterocycles. The summed E-state index contributed by atoms with van der Waals surface area (Å²) in [5.41, 5.74) is 1.44. The van der Waals surface area contributed by atoms with Gasteiger partial charge in [0.1, 0.15) is 0 Å². The highest BCUT2D eigenvalue weighted by atomic mass is 16.5. The van der Waals surface area contributed by atoms with Crippen LogP contribution in [0.5, 0.6) is 0 Å². The van der Waals surface area contributed by atoms with Gasteiger partial charge in [-0.3, -0.25) is 9.59 Å². The van der Waals surface area contributed by atoms with Crippen LogP contribution in [0.15, 0.2) is 66.7 Å². The van der Waals surface area contributed by atoms with E-state index in [1.54, 1.807) is 36.4 Å². The van der Waals surface area contributed by atoms with E-state index in [2.05, 4.69) is 10.6 Å². The third kappa shape index (κ3) is 4.92. The molecule has 3 aromatic rings. The van der Waals surface area contributed by atoms with E-state index in [1.165, 1.54) is 6.92 Å². The van der Waals surface area contributed by atoms with Gasteiger partial charge in [0.05, 0.1) is 5.56 Å². The Bertz CT molecular complexity index is 1010. The van der Waals surface area contributed by atoms with E-state index in [-0.39, 0.29) is 5.91 Å². The van der Waals surface area contributed by atoms with Gasteiger partial charge in [0.15, 0.2) is 6.61 Å². The average molecular weight is 362 g/mol. The fraction of sp³-hybridized carbons (Fsp3) is 0.0952. The minimum absolute atomic E-state index is 0.206. The molecule has 0 aliphatic heterocycles. The molecule has 0 aliphatic carbocycles. The van der Waals surface area contributed by atoms with E-state index >= 15 is 0 Å². The standard InChI is InChI=1S/C21H18N2O4/c1-14(24)22-18-7-4-8-19(12-18)23-20(25)13-27-21(26)17-10-9-15-5-2-3-6-16(15)11-17/h2-12H,13H2,1H3,(H,22,24)(H,23,25). The highest BCUT2D eigenvalue weighted by Gasteiger charge is 2.11. The molecule has 2 N–H and O–H groups in total. The quantitative estimate of drug-likeness (QED) is 0.679. The van der Waals surface area contributed by atoms with Gasteiger partial charge in [-0.25, -0.2) is 4.79 Å². The molecule has 0 fully saturated rings. The van der Waals surface area contributed by atoms with Crippen LogP contribution in [0.1, 0.15) is 17.3 Å². The number of rotatable bonds is 5. The maximum absolute atomic E-state index is 12.2. The molecular formula is C21H18N2O4. The number of benzene rings is 3. The van der Waals surface area contributed by atoms with Crippen molar-refractivity contribution in [3.05, 3.63) is 72.3 Å². The second-order valence-corrected chi connectivity index (χ2v) is 5.95. The summed E-state index contributed by atoms with van der Waals surface area (Å²) in [6.45, 7) is 0.994. The number of carbonyl (C=O) groups excluding carboxylic acids is 3. The van der Waals surface area contributed by atoms with Gasteiger partial charge < -0.3 is 15.4 Å². The van der Waals surface area contributed by atoms with Gasteiger partial charge in [0.25, 0.3) is 5.91 Å². The first kappa shape index (κ1) is 18.1. The first-order chi connectivity index (χ1) is 13.0. The number of nitrogens with one attached hydrogen (secondary N) is 2. The third-order valence-corrected chi connectivity index (χ3v) is 3.79. The molecule has 0 radical (unpaired) electrons. The Labute approximate surface area is 156 Å². The summed E-state index contributed by atoms with van der Waals surface area (Å²) >= 11 is 0. The lowest BCUT2D eigenvalue weighted by molar-refractivity contribution is -0.119. The lowest BCUT2D eigenvalue weighted by atomic mass is 10.1. The molecule has 0 aliphatic rings. The van der Waals surface area contributed by atoms with Gasteiger partial charge in [-0.1, -0.05) is 36.4 Å². The predicted molar refractivity (Wildman–Crippen MR) is 104 cm³/mol. The Kier molecular flexibility index (Phi) is 5.47. The van der Waals surface area contributed by atoms with Gasteiger partial charge in [-0.05, 0) is 41.1 Å². The SMILES string of the molecule is CC(=O)Nc1cccc(NC(=O)COC(=O)c2ccc3ccccc3c2)c1. The number of amides is 2. The van der Waals surface area contributed by atoms with Crippen LogP contribution in [-0.2, 0) is 14.3 Å². The molecule has 2 amide bonds. The molecular weight excluding hydrogens is 344 g/mol. The highest BCUT2D eigenvalue weighted by Crippen LogP contribution is 2.17. The summed E-state index contributed by atoms with van der Waals surface area (Å²) in [6.07, 6.45) is 0. The zero-order chi connectivity index (χ0) is 19.2. The molecule has 0 atom stereocenters. The second-order valence-electron chi connectivity index (χ2n) is 5.95. The van der Waals surface area contributed by atoms with Crippen LogP contribution in [0.2, 0.25) is 0 Å². The summed E-state index contributed by atoms with van der Waals surface area (Å²) in [7, 11) is 0. The number of hydrogen-bond acceptors (Lipinski definition) is 4. The number of fused-ring (bicyclic) bond motifs is 1. The molecule has 0 aromatic heterocycles. The van der Waals surface area contributed by atoms with Crippen molar-refractivity contribution in [1.29, 1.82) is 0 Å². The van der Waals surface area contributed by atoms with E-state index in [0.29, 0.717) is 16.9 Å². The zero-order valence-corrected chi connectivity index (χ0v) is 14.7. The summed E-state index contributed by atoms with van der Waals surface area (Å²) in [5, 5.41) is 7.20. The van der Waals surface area contributed by atoms with Crippen LogP contribution in [0.4, 0.5) is 11.4 Å². The Morgan fingerprint density at radius 3 is 2.26 bits per heavy atom. The molecule has 6 nitrogen and oxygen atoms in total. The fourth-order valence-corrected chi connectivity index (χ4v) is 2.61. The van der Waals surface area contributed by atoms with Crippen LogP contribution < -0.4 is 10.6 Å². The molecule has 0 spiro atoms. The monoisotopic (exact) mass is 362 g/mol. The van der Waals surface area contributed by atoms with Crippen molar-refractivity contribution >= 4 is 39.9 Å². The number of carbonyl (C=O) groups is 3. The van der Waals surface area contributed by atoms with E-state index < -0.39 is 18.5 Å². The minimum Gasteiger partial charge on any atom is -0.452 e. The Balaban J connectivity index is 1.58. The van der Waals surface area contributed by atoms with Crippen LogP contribution in [0.3, 0.4) is 0 Å². The van der Waals surface area contributed by atoms with Crippen LogP contribution >= 0.6 is 0 Å². The first-order valence-electron chi connectivity index (χ1n) is 8.35. The smallest absolute Gasteiger partial charge is 0.338 e. The van der Waals surface area contributed by atoms with Crippen molar-refractivity contribution in [2.45, 2.75) is 6.92 Å². The molecule has 3 rings (SSSR count). The van der Waals surface area contributed by atoms with Gasteiger partial charge in [-0.15, -0.1) is 0 Å². The first-order valence-corrected chi connectivity index (χ1v) is 8.35. The number of ether oxygens (including phenoxy) is 1. The fourth-order valence-electron chi connectivity index (χ4n) is 2.61. The summed E-state index contributed by atoms with van der Waals surface area (Å²) in [5.74, 6) is -1.24. The van der Waals surface area contributed by atoms with Gasteiger partial charge >= 0.3 is 5.97 Å². The molecule has 0 bridgehead atoms. The minimum atomic E-state index is -0.567. The Hall–Kier alpha value is -3.67. The van der Waals surface area contributed by atoms with Crippen molar-refractivity contribution in [2.24, 2.45) is 0 Å². The maximum atomic E-state index is 12.2. The van der Waals surface area contributed by atoms with Crippen LogP contribution in [-0.4, -0.2) is 24.4 Å². The van der Waals surface area contributed by atoms with Crippen molar-refractivity contribution in [3.8, 4) is 0 Å². The lowest BCUT2D eigenvalue weighted by Gasteiger charge is -2.09. The van der Waals surface area contributed by atoms with Crippen LogP contribution in [0, 0.1) is 0 Å². The van der Waals surface area contributed by atoms with Crippen molar-refractivity contribution in [2.75, 3.05) is 17.2 Å². The molecule has 0 heterocycles. The Morgan fingerprint density at radius 2 is 1.52 bits per heavy atom. The third-order valence-electron chi connectivity index (χ3n) is 3.79. The summed E-state index contributed by atoms with van der Waals surface area (Å²) in [4.78, 5) is 35.3. The molecule has 27 heavy (non-hydrogen) atoms. The normalized spacial score (nSPS) is 10.3. The number of hydrogen-bond donors (Lipinski definition) is 2. The summed E-state index contributed by atoms with van der Waals surface area (Å²) in [6, 6.07) is 19.6. The average Bonchev–Trinajstić information content (AvgIpc) is 2.65. The van der Waals surface area contributed by atoms with E-state index in [4.69, 9.17) is 4.74 Å². The van der Waals surface area contributed by atoms with Crippen LogP contribution in [0.25, 0.3) is 10.8 Å².